The minimum absolute atomic E-state index is 0.111. The molecule has 0 aliphatic heterocycles. The zero-order valence-electron chi connectivity index (χ0n) is 14.2. The van der Waals surface area contributed by atoms with Gasteiger partial charge in [0.1, 0.15) is 18.4 Å². The van der Waals surface area contributed by atoms with Gasteiger partial charge in [-0.1, -0.05) is 0 Å². The van der Waals surface area contributed by atoms with Crippen molar-refractivity contribution in [3.63, 3.8) is 0 Å². The van der Waals surface area contributed by atoms with Crippen molar-refractivity contribution in [3.8, 4) is 11.4 Å². The SMILES string of the molecule is CC(C)(Nc1nc(-c2c[nH]c3nc[nH+]cc23)ncc1F)C(=O)NCCF. The molecule has 3 heterocycles. The molecule has 0 bridgehead atoms. The minimum Gasteiger partial charge on any atom is -0.354 e. The molecule has 0 spiro atoms. The number of anilines is 1. The van der Waals surface area contributed by atoms with Gasteiger partial charge in [-0.3, -0.25) is 4.79 Å². The largest absolute Gasteiger partial charge is 0.354 e. The number of aromatic amines is 2. The monoisotopic (exact) mass is 362 g/mol. The molecule has 0 atom stereocenters. The second-order valence-electron chi connectivity index (χ2n) is 6.12. The van der Waals surface area contributed by atoms with Gasteiger partial charge in [-0.2, -0.15) is 0 Å². The molecule has 10 heteroatoms. The summed E-state index contributed by atoms with van der Waals surface area (Å²) in [7, 11) is 0. The third kappa shape index (κ3) is 3.44. The van der Waals surface area contributed by atoms with E-state index in [1.165, 1.54) is 6.33 Å². The number of hydrogen-bond donors (Lipinski definition) is 3. The van der Waals surface area contributed by atoms with Crippen LogP contribution in [0.2, 0.25) is 0 Å². The van der Waals surface area contributed by atoms with Crippen LogP contribution in [0.25, 0.3) is 22.4 Å². The number of fused-ring (bicyclic) bond motifs is 1. The number of carbonyl (C=O) groups excluding carboxylic acids is 1. The Labute approximate surface area is 147 Å². The van der Waals surface area contributed by atoms with Crippen LogP contribution in [0.5, 0.6) is 0 Å². The number of carbonyl (C=O) groups is 1. The summed E-state index contributed by atoms with van der Waals surface area (Å²) in [6.45, 7) is 2.30. The van der Waals surface area contributed by atoms with Crippen LogP contribution in [-0.2, 0) is 4.79 Å². The highest BCUT2D eigenvalue weighted by Crippen LogP contribution is 2.26. The predicted molar refractivity (Wildman–Crippen MR) is 90.3 cm³/mol. The summed E-state index contributed by atoms with van der Waals surface area (Å²) in [6.07, 6.45) is 5.95. The van der Waals surface area contributed by atoms with E-state index in [9.17, 15) is 13.6 Å². The van der Waals surface area contributed by atoms with Crippen LogP contribution < -0.4 is 15.6 Å². The normalized spacial score (nSPS) is 11.5. The summed E-state index contributed by atoms with van der Waals surface area (Å²) in [5, 5.41) is 5.91. The van der Waals surface area contributed by atoms with Crippen LogP contribution in [0.15, 0.2) is 24.9 Å². The second kappa shape index (κ2) is 6.98. The van der Waals surface area contributed by atoms with Crippen LogP contribution in [0, 0.1) is 5.82 Å². The van der Waals surface area contributed by atoms with E-state index in [2.05, 4.69) is 35.6 Å². The number of rotatable bonds is 6. The third-order valence-corrected chi connectivity index (χ3v) is 3.76. The number of hydrogen-bond acceptors (Lipinski definition) is 5. The molecule has 136 valence electrons. The van der Waals surface area contributed by atoms with E-state index in [4.69, 9.17) is 0 Å². The van der Waals surface area contributed by atoms with Crippen molar-refractivity contribution in [3.05, 3.63) is 30.7 Å². The molecule has 0 saturated heterocycles. The van der Waals surface area contributed by atoms with Crippen molar-refractivity contribution in [1.82, 2.24) is 25.3 Å². The van der Waals surface area contributed by atoms with Crippen molar-refractivity contribution in [1.29, 1.82) is 0 Å². The van der Waals surface area contributed by atoms with Gasteiger partial charge in [-0.25, -0.2) is 23.7 Å². The zero-order valence-corrected chi connectivity index (χ0v) is 14.2. The fraction of sp³-hybridized carbons (Fsp3) is 0.312. The number of nitrogens with zero attached hydrogens (tertiary/aromatic N) is 3. The number of H-pyrrole nitrogens is 2. The van der Waals surface area contributed by atoms with E-state index in [-0.39, 0.29) is 18.2 Å². The molecule has 0 aliphatic carbocycles. The fourth-order valence-corrected chi connectivity index (χ4v) is 2.40. The summed E-state index contributed by atoms with van der Waals surface area (Å²) in [5.74, 6) is -1.04. The molecule has 0 fully saturated rings. The van der Waals surface area contributed by atoms with Crippen LogP contribution in [0.1, 0.15) is 13.8 Å². The Balaban J connectivity index is 1.92. The average Bonchev–Trinajstić information content (AvgIpc) is 3.05. The number of amides is 1. The van der Waals surface area contributed by atoms with E-state index in [0.717, 1.165) is 11.6 Å². The molecule has 0 radical (unpaired) electrons. The second-order valence-corrected chi connectivity index (χ2v) is 6.12. The molecule has 8 nitrogen and oxygen atoms in total. The lowest BCUT2D eigenvalue weighted by atomic mass is 10.0. The molecule has 1 amide bonds. The average molecular weight is 362 g/mol. The molecule has 3 aromatic rings. The lowest BCUT2D eigenvalue weighted by Crippen LogP contribution is -2.48. The van der Waals surface area contributed by atoms with Gasteiger partial charge in [0.05, 0.1) is 17.1 Å². The highest BCUT2D eigenvalue weighted by molar-refractivity contribution is 5.91. The summed E-state index contributed by atoms with van der Waals surface area (Å²) in [6, 6.07) is 0. The molecular formula is C16H18F2N7O+. The summed E-state index contributed by atoms with van der Waals surface area (Å²) in [5.41, 5.74) is 0.0659. The maximum absolute atomic E-state index is 14.2. The standard InChI is InChI=1S/C16H17F2N7O/c1-16(2,15(26)20-4-3-17)25-14-11(18)7-22-13(24-14)10-6-21-12-9(10)5-19-8-23-12/h5-8H,3-4H2,1-2H3,(H,20,26)(H,19,21,23)(H,22,24,25)/p+1. The van der Waals surface area contributed by atoms with Gasteiger partial charge in [0.25, 0.3) is 12.0 Å². The van der Waals surface area contributed by atoms with Crippen molar-refractivity contribution in [2.75, 3.05) is 18.5 Å². The Morgan fingerprint density at radius 1 is 1.38 bits per heavy atom. The molecule has 26 heavy (non-hydrogen) atoms. The maximum atomic E-state index is 14.2. The Hall–Kier alpha value is -3.17. The van der Waals surface area contributed by atoms with Gasteiger partial charge in [0.15, 0.2) is 17.5 Å². The van der Waals surface area contributed by atoms with Crippen LogP contribution in [0.4, 0.5) is 14.6 Å². The lowest BCUT2D eigenvalue weighted by Gasteiger charge is -2.25. The summed E-state index contributed by atoms with van der Waals surface area (Å²) in [4.78, 5) is 30.3. The van der Waals surface area contributed by atoms with Crippen molar-refractivity contribution < 1.29 is 18.6 Å². The molecule has 3 rings (SSSR count). The smallest absolute Gasteiger partial charge is 0.286 e. The van der Waals surface area contributed by atoms with Crippen molar-refractivity contribution in [2.45, 2.75) is 19.4 Å². The molecule has 0 unspecified atom stereocenters. The van der Waals surface area contributed by atoms with Crippen molar-refractivity contribution in [2.24, 2.45) is 0 Å². The van der Waals surface area contributed by atoms with Gasteiger partial charge in [0.2, 0.25) is 5.91 Å². The van der Waals surface area contributed by atoms with Gasteiger partial charge in [0, 0.05) is 12.7 Å². The van der Waals surface area contributed by atoms with Gasteiger partial charge in [-0.05, 0) is 18.8 Å². The molecule has 0 saturated carbocycles. The highest BCUT2D eigenvalue weighted by atomic mass is 19.1. The van der Waals surface area contributed by atoms with Crippen LogP contribution in [0.3, 0.4) is 0 Å². The van der Waals surface area contributed by atoms with Gasteiger partial charge < -0.3 is 15.6 Å². The first-order chi connectivity index (χ1) is 12.4. The number of nitrogens with one attached hydrogen (secondary N) is 4. The zero-order chi connectivity index (χ0) is 18.7. The third-order valence-electron chi connectivity index (χ3n) is 3.76. The molecular weight excluding hydrogens is 344 g/mol. The number of halogens is 2. The van der Waals surface area contributed by atoms with Gasteiger partial charge in [-0.15, -0.1) is 0 Å². The Kier molecular flexibility index (Phi) is 4.74. The van der Waals surface area contributed by atoms with E-state index < -0.39 is 23.9 Å². The van der Waals surface area contributed by atoms with E-state index in [0.29, 0.717) is 11.2 Å². The Morgan fingerprint density at radius 3 is 2.96 bits per heavy atom. The van der Waals surface area contributed by atoms with Crippen LogP contribution in [-0.4, -0.2) is 44.6 Å². The molecule has 0 aromatic carbocycles. The first-order valence-electron chi connectivity index (χ1n) is 7.91. The topological polar surface area (TPSA) is 110 Å². The van der Waals surface area contributed by atoms with E-state index in [1.807, 2.05) is 0 Å². The van der Waals surface area contributed by atoms with Crippen molar-refractivity contribution >= 4 is 22.8 Å². The molecule has 0 aliphatic rings. The van der Waals surface area contributed by atoms with Crippen LogP contribution >= 0.6 is 0 Å². The van der Waals surface area contributed by atoms with Gasteiger partial charge >= 0.3 is 0 Å². The summed E-state index contributed by atoms with van der Waals surface area (Å²) < 4.78 is 26.4. The fourth-order valence-electron chi connectivity index (χ4n) is 2.40. The molecule has 4 N–H and O–H groups in total. The van der Waals surface area contributed by atoms with E-state index in [1.54, 1.807) is 26.2 Å². The Morgan fingerprint density at radius 2 is 2.19 bits per heavy atom. The number of aromatic nitrogens is 5. The number of alkyl halides is 1. The molecule has 3 aromatic heterocycles. The first-order valence-corrected chi connectivity index (χ1v) is 7.91. The minimum atomic E-state index is -1.20. The predicted octanol–water partition coefficient (Wildman–Crippen LogP) is 1.25. The highest BCUT2D eigenvalue weighted by Gasteiger charge is 2.29. The quantitative estimate of drug-likeness (QED) is 0.611. The Bertz CT molecular complexity index is 941. The summed E-state index contributed by atoms with van der Waals surface area (Å²) >= 11 is 0. The lowest BCUT2D eigenvalue weighted by molar-refractivity contribution is -0.380. The first kappa shape index (κ1) is 17.6. The van der Waals surface area contributed by atoms with E-state index >= 15 is 0 Å². The maximum Gasteiger partial charge on any atom is 0.286 e.